The van der Waals surface area contributed by atoms with Gasteiger partial charge >= 0.3 is 0 Å². The Morgan fingerprint density at radius 2 is 1.88 bits per heavy atom. The highest BCUT2D eigenvalue weighted by atomic mass is 32.1. The fourth-order valence-electron chi connectivity index (χ4n) is 2.88. The molecule has 2 aromatic carbocycles. The largest absolute Gasteiger partial charge is 0.492 e. The van der Waals surface area contributed by atoms with Gasteiger partial charge in [0.25, 0.3) is 5.91 Å². The molecule has 2 N–H and O–H groups in total. The van der Waals surface area contributed by atoms with Crippen LogP contribution in [-0.2, 0) is 11.2 Å². The molecular formula is C19H15N3O2S. The topological polar surface area (TPSA) is 74.6 Å². The maximum atomic E-state index is 12.3. The molecule has 0 spiro atoms. The third kappa shape index (κ3) is 2.70. The van der Waals surface area contributed by atoms with E-state index in [0.717, 1.165) is 22.9 Å². The van der Waals surface area contributed by atoms with Crippen molar-refractivity contribution in [3.05, 3.63) is 69.5 Å². The molecule has 1 aliphatic rings. The van der Waals surface area contributed by atoms with Crippen LogP contribution in [0.15, 0.2) is 53.5 Å². The number of rotatable bonds is 4. The Kier molecular flexibility index (Phi) is 3.82. The van der Waals surface area contributed by atoms with Crippen LogP contribution in [0, 0.1) is 0 Å². The molecule has 0 aliphatic carbocycles. The highest BCUT2D eigenvalue weighted by Crippen LogP contribution is 2.35. The van der Waals surface area contributed by atoms with Crippen LogP contribution in [0.3, 0.4) is 0 Å². The zero-order valence-corrected chi connectivity index (χ0v) is 14.3. The molecule has 6 heteroatoms. The predicted molar refractivity (Wildman–Crippen MR) is 97.6 cm³/mol. The Balaban J connectivity index is 1.78. The zero-order chi connectivity index (χ0) is 17.4. The summed E-state index contributed by atoms with van der Waals surface area (Å²) in [6, 6.07) is 15.2. The number of hydrogen-bond acceptors (Lipinski definition) is 5. The van der Waals surface area contributed by atoms with Crippen molar-refractivity contribution >= 4 is 33.6 Å². The standard InChI is InChI=1S/C19H15N3O2S/c1-2-11-7-3-5-9-13(11)21-19-22-18(24)16(25-19)15-12-8-4-6-10-14(12)20-17(15)23/h3-10,24H,2H2,1H3,(H,21,22). The van der Waals surface area contributed by atoms with Gasteiger partial charge in [0, 0.05) is 10.9 Å². The number of carbonyl (C=O) groups is 1. The molecule has 2 heterocycles. The molecule has 0 saturated carbocycles. The quantitative estimate of drug-likeness (QED) is 0.759. The number of aryl methyl sites for hydroxylation is 1. The summed E-state index contributed by atoms with van der Waals surface area (Å²) in [5.74, 6) is -0.502. The molecule has 124 valence electrons. The minimum atomic E-state index is -0.347. The SMILES string of the molecule is CCc1ccccc1Nc1nc(O)c(C2=c3ccccc3=NC2=O)s1. The van der Waals surface area contributed by atoms with Crippen molar-refractivity contribution in [3.8, 4) is 5.88 Å². The van der Waals surface area contributed by atoms with Crippen molar-refractivity contribution in [2.24, 2.45) is 4.99 Å². The Labute approximate surface area is 148 Å². The maximum Gasteiger partial charge on any atom is 0.279 e. The van der Waals surface area contributed by atoms with Gasteiger partial charge in [-0.05, 0) is 24.1 Å². The monoisotopic (exact) mass is 349 g/mol. The van der Waals surface area contributed by atoms with Gasteiger partial charge in [-0.2, -0.15) is 4.98 Å². The molecule has 0 unspecified atom stereocenters. The van der Waals surface area contributed by atoms with Crippen LogP contribution in [0.4, 0.5) is 10.8 Å². The number of fused-ring (bicyclic) bond motifs is 1. The summed E-state index contributed by atoms with van der Waals surface area (Å²) < 4.78 is 0. The van der Waals surface area contributed by atoms with Crippen molar-refractivity contribution in [1.29, 1.82) is 0 Å². The lowest BCUT2D eigenvalue weighted by Crippen LogP contribution is -2.22. The van der Waals surface area contributed by atoms with E-state index in [2.05, 4.69) is 22.2 Å². The number of aromatic nitrogens is 1. The van der Waals surface area contributed by atoms with E-state index in [1.807, 2.05) is 42.5 Å². The number of nitrogens with zero attached hydrogens (tertiary/aromatic N) is 2. The van der Waals surface area contributed by atoms with Gasteiger partial charge < -0.3 is 10.4 Å². The number of nitrogens with one attached hydrogen (secondary N) is 1. The third-order valence-electron chi connectivity index (χ3n) is 4.09. The first-order valence-electron chi connectivity index (χ1n) is 7.95. The fraction of sp³-hybridized carbons (Fsp3) is 0.105. The maximum absolute atomic E-state index is 12.3. The van der Waals surface area contributed by atoms with Gasteiger partial charge in [0.2, 0.25) is 5.88 Å². The Bertz CT molecular complexity index is 1100. The van der Waals surface area contributed by atoms with Crippen molar-refractivity contribution < 1.29 is 9.90 Å². The molecule has 0 bridgehead atoms. The van der Waals surface area contributed by atoms with Crippen molar-refractivity contribution in [2.45, 2.75) is 13.3 Å². The minimum absolute atomic E-state index is 0.156. The lowest BCUT2D eigenvalue weighted by atomic mass is 10.1. The number of amides is 1. The molecule has 1 aromatic heterocycles. The van der Waals surface area contributed by atoms with E-state index in [0.29, 0.717) is 20.9 Å². The van der Waals surface area contributed by atoms with Crippen LogP contribution in [0.5, 0.6) is 5.88 Å². The number of carbonyl (C=O) groups excluding carboxylic acids is 1. The molecular weight excluding hydrogens is 334 g/mol. The Morgan fingerprint density at radius 3 is 2.72 bits per heavy atom. The second-order valence-corrected chi connectivity index (χ2v) is 6.62. The summed E-state index contributed by atoms with van der Waals surface area (Å²) in [7, 11) is 0. The normalized spacial score (nSPS) is 12.8. The molecule has 25 heavy (non-hydrogen) atoms. The van der Waals surface area contributed by atoms with Crippen molar-refractivity contribution in [2.75, 3.05) is 5.32 Å². The first-order valence-corrected chi connectivity index (χ1v) is 8.76. The molecule has 4 rings (SSSR count). The summed E-state index contributed by atoms with van der Waals surface area (Å²) >= 11 is 1.25. The average Bonchev–Trinajstić information content (AvgIpc) is 3.13. The summed E-state index contributed by atoms with van der Waals surface area (Å²) in [5, 5.41) is 15.4. The van der Waals surface area contributed by atoms with Crippen LogP contribution in [0.1, 0.15) is 17.4 Å². The van der Waals surface area contributed by atoms with E-state index in [9.17, 15) is 9.90 Å². The van der Waals surface area contributed by atoms with E-state index >= 15 is 0 Å². The molecule has 5 nitrogen and oxygen atoms in total. The number of anilines is 2. The minimum Gasteiger partial charge on any atom is -0.492 e. The average molecular weight is 349 g/mol. The van der Waals surface area contributed by atoms with Crippen LogP contribution in [-0.4, -0.2) is 16.0 Å². The molecule has 3 aromatic rings. The fourth-order valence-corrected chi connectivity index (χ4v) is 3.80. The second kappa shape index (κ2) is 6.14. The molecule has 0 saturated heterocycles. The summed E-state index contributed by atoms with van der Waals surface area (Å²) in [5.41, 5.74) is 2.50. The summed E-state index contributed by atoms with van der Waals surface area (Å²) in [4.78, 5) is 21.0. The second-order valence-electron chi connectivity index (χ2n) is 5.62. The first-order chi connectivity index (χ1) is 12.2. The summed E-state index contributed by atoms with van der Waals surface area (Å²) in [6.07, 6.45) is 0.884. The van der Waals surface area contributed by atoms with Crippen LogP contribution in [0.25, 0.3) is 5.57 Å². The smallest absolute Gasteiger partial charge is 0.279 e. The summed E-state index contributed by atoms with van der Waals surface area (Å²) in [6.45, 7) is 2.08. The predicted octanol–water partition coefficient (Wildman–Crippen LogP) is 2.51. The molecule has 1 amide bonds. The van der Waals surface area contributed by atoms with Crippen molar-refractivity contribution in [1.82, 2.24) is 4.98 Å². The van der Waals surface area contributed by atoms with E-state index in [1.54, 1.807) is 6.07 Å². The van der Waals surface area contributed by atoms with Gasteiger partial charge in [-0.3, -0.25) is 4.79 Å². The van der Waals surface area contributed by atoms with E-state index in [1.165, 1.54) is 11.3 Å². The lowest BCUT2D eigenvalue weighted by Gasteiger charge is -2.07. The first kappa shape index (κ1) is 15.5. The number of benzene rings is 2. The number of thiazole rings is 1. The highest BCUT2D eigenvalue weighted by molar-refractivity contribution is 7.17. The van der Waals surface area contributed by atoms with Crippen LogP contribution >= 0.6 is 11.3 Å². The van der Waals surface area contributed by atoms with Gasteiger partial charge in [0.1, 0.15) is 4.88 Å². The number of hydrogen-bond donors (Lipinski definition) is 2. The molecule has 1 aliphatic heterocycles. The van der Waals surface area contributed by atoms with E-state index < -0.39 is 0 Å². The number of para-hydroxylation sites is 2. The van der Waals surface area contributed by atoms with Gasteiger partial charge in [-0.1, -0.05) is 54.7 Å². The molecule has 0 fully saturated rings. The van der Waals surface area contributed by atoms with Crippen molar-refractivity contribution in [3.63, 3.8) is 0 Å². The Morgan fingerprint density at radius 1 is 1.12 bits per heavy atom. The van der Waals surface area contributed by atoms with Gasteiger partial charge in [-0.15, -0.1) is 0 Å². The van der Waals surface area contributed by atoms with Crippen LogP contribution < -0.4 is 15.9 Å². The molecule has 0 radical (unpaired) electrons. The molecule has 0 atom stereocenters. The van der Waals surface area contributed by atoms with Crippen LogP contribution in [0.2, 0.25) is 0 Å². The van der Waals surface area contributed by atoms with Gasteiger partial charge in [-0.25, -0.2) is 4.99 Å². The zero-order valence-electron chi connectivity index (χ0n) is 13.5. The van der Waals surface area contributed by atoms with E-state index in [4.69, 9.17) is 0 Å². The third-order valence-corrected chi connectivity index (χ3v) is 5.06. The Hall–Kier alpha value is -2.99. The highest BCUT2D eigenvalue weighted by Gasteiger charge is 2.24. The van der Waals surface area contributed by atoms with Gasteiger partial charge in [0.15, 0.2) is 5.13 Å². The lowest BCUT2D eigenvalue weighted by molar-refractivity contribution is -0.112. The van der Waals surface area contributed by atoms with E-state index in [-0.39, 0.29) is 11.8 Å². The number of aromatic hydroxyl groups is 1. The van der Waals surface area contributed by atoms with Gasteiger partial charge in [0.05, 0.1) is 10.9 Å².